The molecule has 4 aliphatic rings. The Hall–Kier alpha value is -2.36. The Balaban J connectivity index is 1.94. The molecule has 30 heavy (non-hydrogen) atoms. The summed E-state index contributed by atoms with van der Waals surface area (Å²) in [5.41, 5.74) is 5.40. The van der Waals surface area contributed by atoms with E-state index >= 15 is 0 Å². The van der Waals surface area contributed by atoms with Gasteiger partial charge in [0.15, 0.2) is 0 Å². The van der Waals surface area contributed by atoms with E-state index in [2.05, 4.69) is 124 Å². The molecule has 4 nitrogen and oxygen atoms in total. The molecule has 4 bridgehead atoms. The van der Waals surface area contributed by atoms with Crippen LogP contribution in [0.4, 0.5) is 22.7 Å². The number of benzene rings is 2. The smallest absolute Gasteiger partial charge is 0.0365 e. The van der Waals surface area contributed by atoms with E-state index in [1.807, 2.05) is 0 Å². The Kier molecular flexibility index (Phi) is 6.26. The maximum Gasteiger partial charge on any atom is 0.0365 e. The molecular formula is C26H40N4. The molecule has 0 radical (unpaired) electrons. The maximum absolute atomic E-state index is 2.38. The first kappa shape index (κ1) is 22.3. The van der Waals surface area contributed by atoms with Gasteiger partial charge in [-0.25, -0.2) is 0 Å². The Bertz CT molecular complexity index is 686. The first-order chi connectivity index (χ1) is 14.0. The number of hydrogen-bond donors (Lipinski definition) is 0. The van der Waals surface area contributed by atoms with Gasteiger partial charge in [-0.2, -0.15) is 0 Å². The summed E-state index contributed by atoms with van der Waals surface area (Å²) in [5, 5.41) is 0. The van der Waals surface area contributed by atoms with Crippen LogP contribution in [0.1, 0.15) is 27.7 Å². The van der Waals surface area contributed by atoms with Gasteiger partial charge in [0.05, 0.1) is 0 Å². The lowest BCUT2D eigenvalue weighted by atomic mass is 9.91. The van der Waals surface area contributed by atoms with Gasteiger partial charge in [-0.1, -0.05) is 27.7 Å². The summed E-state index contributed by atoms with van der Waals surface area (Å²) in [4.78, 5) is 9.51. The Morgan fingerprint density at radius 3 is 0.767 bits per heavy atom. The van der Waals surface area contributed by atoms with Crippen LogP contribution in [0.25, 0.3) is 0 Å². The third-order valence-corrected chi connectivity index (χ3v) is 6.12. The molecule has 4 heterocycles. The minimum atomic E-state index is 0.157. The van der Waals surface area contributed by atoms with Crippen molar-refractivity contribution in [2.45, 2.75) is 27.7 Å². The molecule has 164 valence electrons. The standard InChI is InChI=1S/C26H40N4/c1-25(2)17-27(5)21-9-13-23(14-10-21)29(7)19-26(3,4)20-30(8)24-15-11-22(12-16-24)28(6)18-25/h9-16H,17-20H2,1-8H3. The highest BCUT2D eigenvalue weighted by Gasteiger charge is 2.25. The lowest BCUT2D eigenvalue weighted by molar-refractivity contribution is 0.376. The van der Waals surface area contributed by atoms with Gasteiger partial charge in [0.2, 0.25) is 0 Å². The molecular weight excluding hydrogens is 368 g/mol. The zero-order valence-corrected chi connectivity index (χ0v) is 20.2. The van der Waals surface area contributed by atoms with E-state index in [0.717, 1.165) is 26.2 Å². The van der Waals surface area contributed by atoms with Crippen molar-refractivity contribution in [3.05, 3.63) is 48.5 Å². The fourth-order valence-corrected chi connectivity index (χ4v) is 4.96. The summed E-state index contributed by atoms with van der Waals surface area (Å²) in [6.45, 7) is 13.4. The molecule has 0 aliphatic carbocycles. The van der Waals surface area contributed by atoms with Crippen LogP contribution in [-0.4, -0.2) is 54.4 Å². The van der Waals surface area contributed by atoms with Crippen molar-refractivity contribution in [1.82, 2.24) is 0 Å². The molecule has 2 aromatic carbocycles. The summed E-state index contributed by atoms with van der Waals surface area (Å²) >= 11 is 0. The molecule has 2 aromatic rings. The zero-order chi connectivity index (χ0) is 22.1. The second-order valence-electron chi connectivity index (χ2n) is 10.8. The quantitative estimate of drug-likeness (QED) is 0.594. The third kappa shape index (κ3) is 5.41. The normalized spacial score (nSPS) is 19.7. The van der Waals surface area contributed by atoms with Crippen LogP contribution in [0.2, 0.25) is 0 Å². The van der Waals surface area contributed by atoms with Gasteiger partial charge in [-0.15, -0.1) is 0 Å². The molecule has 4 aliphatic heterocycles. The van der Waals surface area contributed by atoms with Crippen LogP contribution < -0.4 is 19.6 Å². The average molecular weight is 409 g/mol. The van der Waals surface area contributed by atoms with Crippen LogP contribution in [-0.2, 0) is 0 Å². The molecule has 0 amide bonds. The first-order valence-corrected chi connectivity index (χ1v) is 11.0. The van der Waals surface area contributed by atoms with Crippen LogP contribution in [0.5, 0.6) is 0 Å². The highest BCUT2D eigenvalue weighted by atomic mass is 15.2. The summed E-state index contributed by atoms with van der Waals surface area (Å²) in [7, 11) is 8.80. The third-order valence-electron chi connectivity index (χ3n) is 6.12. The second kappa shape index (κ2) is 8.41. The molecule has 6 rings (SSSR count). The monoisotopic (exact) mass is 408 g/mol. The average Bonchev–Trinajstić information content (AvgIpc) is 2.66. The summed E-state index contributed by atoms with van der Waals surface area (Å²) in [6, 6.07) is 18.0. The van der Waals surface area contributed by atoms with Crippen molar-refractivity contribution in [2.75, 3.05) is 74.0 Å². The molecule has 0 saturated carbocycles. The van der Waals surface area contributed by atoms with Gasteiger partial charge in [0.25, 0.3) is 0 Å². The minimum Gasteiger partial charge on any atom is -0.374 e. The van der Waals surface area contributed by atoms with E-state index in [4.69, 9.17) is 0 Å². The van der Waals surface area contributed by atoms with E-state index in [-0.39, 0.29) is 10.8 Å². The molecule has 0 atom stereocenters. The van der Waals surface area contributed by atoms with Crippen molar-refractivity contribution >= 4 is 22.7 Å². The minimum absolute atomic E-state index is 0.157. The zero-order valence-electron chi connectivity index (χ0n) is 20.2. The first-order valence-electron chi connectivity index (χ1n) is 11.0. The molecule has 0 fully saturated rings. The van der Waals surface area contributed by atoms with Gasteiger partial charge < -0.3 is 19.6 Å². The molecule has 0 aromatic heterocycles. The topological polar surface area (TPSA) is 13.0 Å². The van der Waals surface area contributed by atoms with Crippen molar-refractivity contribution < 1.29 is 0 Å². The number of hydrogen-bond acceptors (Lipinski definition) is 4. The second-order valence-corrected chi connectivity index (χ2v) is 10.8. The van der Waals surface area contributed by atoms with Crippen molar-refractivity contribution in [3.8, 4) is 0 Å². The van der Waals surface area contributed by atoms with E-state index < -0.39 is 0 Å². The SMILES string of the molecule is CN1CC(C)(C)CN(C)c2ccc(cc2)N(C)CC(C)(C)CN(C)c2ccc1cc2. The van der Waals surface area contributed by atoms with Gasteiger partial charge in [-0.3, -0.25) is 0 Å². The van der Waals surface area contributed by atoms with E-state index in [9.17, 15) is 0 Å². The molecule has 0 spiro atoms. The predicted octanol–water partition coefficient (Wildman–Crippen LogP) is 5.20. The van der Waals surface area contributed by atoms with Crippen LogP contribution in [0.3, 0.4) is 0 Å². The number of rotatable bonds is 0. The largest absolute Gasteiger partial charge is 0.374 e. The molecule has 0 unspecified atom stereocenters. The highest BCUT2D eigenvalue weighted by molar-refractivity contribution is 5.58. The lowest BCUT2D eigenvalue weighted by Gasteiger charge is -2.37. The molecule has 4 heteroatoms. The number of nitrogens with zero attached hydrogens (tertiary/aromatic N) is 4. The van der Waals surface area contributed by atoms with Crippen molar-refractivity contribution in [2.24, 2.45) is 10.8 Å². The Morgan fingerprint density at radius 2 is 0.600 bits per heavy atom. The van der Waals surface area contributed by atoms with E-state index in [1.165, 1.54) is 22.7 Å². The highest BCUT2D eigenvalue weighted by Crippen LogP contribution is 2.29. The van der Waals surface area contributed by atoms with Crippen molar-refractivity contribution in [1.29, 1.82) is 0 Å². The summed E-state index contributed by atoms with van der Waals surface area (Å²) in [6.07, 6.45) is 0. The Morgan fingerprint density at radius 1 is 0.433 bits per heavy atom. The van der Waals surface area contributed by atoms with Crippen LogP contribution in [0, 0.1) is 10.8 Å². The van der Waals surface area contributed by atoms with Crippen molar-refractivity contribution in [3.63, 3.8) is 0 Å². The van der Waals surface area contributed by atoms with Gasteiger partial charge in [0, 0.05) is 77.1 Å². The molecule has 0 saturated heterocycles. The summed E-state index contributed by atoms with van der Waals surface area (Å²) in [5.74, 6) is 0. The fraction of sp³-hybridized carbons (Fsp3) is 0.538. The fourth-order valence-electron chi connectivity index (χ4n) is 4.96. The van der Waals surface area contributed by atoms with Gasteiger partial charge in [-0.05, 0) is 59.4 Å². The maximum atomic E-state index is 2.38. The summed E-state index contributed by atoms with van der Waals surface area (Å²) < 4.78 is 0. The van der Waals surface area contributed by atoms with Gasteiger partial charge in [0.1, 0.15) is 0 Å². The van der Waals surface area contributed by atoms with E-state index in [0.29, 0.717) is 0 Å². The molecule has 0 N–H and O–H groups in total. The van der Waals surface area contributed by atoms with Gasteiger partial charge >= 0.3 is 0 Å². The lowest BCUT2D eigenvalue weighted by Crippen LogP contribution is -2.40. The number of anilines is 4. The van der Waals surface area contributed by atoms with Crippen LogP contribution >= 0.6 is 0 Å². The predicted molar refractivity (Wildman–Crippen MR) is 134 cm³/mol. The van der Waals surface area contributed by atoms with E-state index in [1.54, 1.807) is 0 Å². The van der Waals surface area contributed by atoms with Crippen LogP contribution in [0.15, 0.2) is 48.5 Å². The Labute approximate surface area is 184 Å².